The number of aromatic amines is 1. The minimum absolute atomic E-state index is 0.0476. The van der Waals surface area contributed by atoms with Crippen LogP contribution < -0.4 is 5.32 Å². The van der Waals surface area contributed by atoms with Crippen molar-refractivity contribution in [2.75, 3.05) is 19.6 Å². The van der Waals surface area contributed by atoms with Crippen molar-refractivity contribution >= 4 is 23.3 Å². The van der Waals surface area contributed by atoms with Crippen molar-refractivity contribution in [1.82, 2.24) is 30.0 Å². The summed E-state index contributed by atoms with van der Waals surface area (Å²) in [6, 6.07) is 1.46. The van der Waals surface area contributed by atoms with Gasteiger partial charge in [0.1, 0.15) is 17.1 Å². The molecule has 0 aliphatic carbocycles. The molecule has 3 rings (SSSR count). The van der Waals surface area contributed by atoms with Crippen LogP contribution in [0.5, 0.6) is 0 Å². The molecule has 1 saturated heterocycles. The van der Waals surface area contributed by atoms with Crippen molar-refractivity contribution in [3.8, 4) is 0 Å². The molecular weight excluding hydrogens is 385 g/mol. The Bertz CT molecular complexity index is 826. The van der Waals surface area contributed by atoms with Gasteiger partial charge >= 0.3 is 6.18 Å². The number of piperidine rings is 1. The highest BCUT2D eigenvalue weighted by Gasteiger charge is 2.30. The topological polar surface area (TPSA) is 104 Å². The molecule has 0 saturated carbocycles. The van der Waals surface area contributed by atoms with E-state index in [4.69, 9.17) is 0 Å². The molecule has 0 atom stereocenters. The van der Waals surface area contributed by atoms with Gasteiger partial charge in [0.2, 0.25) is 0 Å². The zero-order chi connectivity index (χ0) is 19.6. The summed E-state index contributed by atoms with van der Waals surface area (Å²) in [4.78, 5) is 26.5. The third-order valence-corrected chi connectivity index (χ3v) is 5.16. The standard InChI is InChI=1S/C15H17F3N6O2S/c1-8-12(27-23-20-8)14(26)24-4-2-9(3-5-24)10-6-11(22-21-10)13(25)19-7-15(16,17)18/h6,9H,2-5,7H2,1H3,(H,19,25)(H,21,22). The average Bonchev–Trinajstić information content (AvgIpc) is 3.28. The van der Waals surface area contributed by atoms with Gasteiger partial charge < -0.3 is 10.2 Å². The number of aromatic nitrogens is 4. The highest BCUT2D eigenvalue weighted by molar-refractivity contribution is 7.07. The van der Waals surface area contributed by atoms with E-state index in [2.05, 4.69) is 19.8 Å². The van der Waals surface area contributed by atoms with Crippen LogP contribution in [-0.2, 0) is 0 Å². The summed E-state index contributed by atoms with van der Waals surface area (Å²) in [5.41, 5.74) is 1.20. The number of halogens is 3. The second kappa shape index (κ2) is 7.62. The zero-order valence-corrected chi connectivity index (χ0v) is 15.2. The molecule has 0 bridgehead atoms. The van der Waals surface area contributed by atoms with Gasteiger partial charge in [0, 0.05) is 24.7 Å². The summed E-state index contributed by atoms with van der Waals surface area (Å²) < 4.78 is 40.3. The van der Waals surface area contributed by atoms with E-state index in [-0.39, 0.29) is 17.5 Å². The molecule has 2 N–H and O–H groups in total. The Morgan fingerprint density at radius 3 is 2.67 bits per heavy atom. The number of carbonyl (C=O) groups excluding carboxylic acids is 2. The van der Waals surface area contributed by atoms with Gasteiger partial charge in [-0.05, 0) is 37.4 Å². The Kier molecular flexibility index (Phi) is 5.44. The van der Waals surface area contributed by atoms with Gasteiger partial charge in [0.15, 0.2) is 0 Å². The fraction of sp³-hybridized carbons (Fsp3) is 0.533. The maximum absolute atomic E-state index is 12.5. The van der Waals surface area contributed by atoms with E-state index in [1.807, 2.05) is 0 Å². The average molecular weight is 402 g/mol. The highest BCUT2D eigenvalue weighted by atomic mass is 32.1. The first-order valence-corrected chi connectivity index (χ1v) is 9.00. The lowest BCUT2D eigenvalue weighted by atomic mass is 9.93. The monoisotopic (exact) mass is 402 g/mol. The molecule has 0 aromatic carbocycles. The van der Waals surface area contributed by atoms with E-state index in [1.165, 1.54) is 6.07 Å². The lowest BCUT2D eigenvalue weighted by Crippen LogP contribution is -2.37. The van der Waals surface area contributed by atoms with E-state index < -0.39 is 18.6 Å². The van der Waals surface area contributed by atoms with Crippen molar-refractivity contribution in [2.24, 2.45) is 0 Å². The number of likely N-dealkylation sites (tertiary alicyclic amines) is 1. The summed E-state index contributed by atoms with van der Waals surface area (Å²) >= 11 is 1.07. The molecule has 2 amide bonds. The van der Waals surface area contributed by atoms with Crippen molar-refractivity contribution in [3.05, 3.63) is 28.0 Å². The summed E-state index contributed by atoms with van der Waals surface area (Å²) in [6.07, 6.45) is -3.16. The third-order valence-electron chi connectivity index (χ3n) is 4.35. The van der Waals surface area contributed by atoms with Crippen LogP contribution >= 0.6 is 11.5 Å². The van der Waals surface area contributed by atoms with Crippen molar-refractivity contribution in [3.63, 3.8) is 0 Å². The predicted molar refractivity (Wildman–Crippen MR) is 89.5 cm³/mol. The van der Waals surface area contributed by atoms with Crippen LogP contribution in [0.1, 0.15) is 50.3 Å². The van der Waals surface area contributed by atoms with E-state index >= 15 is 0 Å². The molecule has 3 heterocycles. The van der Waals surface area contributed by atoms with Gasteiger partial charge in [-0.1, -0.05) is 4.49 Å². The Morgan fingerprint density at radius 2 is 2.07 bits per heavy atom. The molecule has 27 heavy (non-hydrogen) atoms. The number of rotatable bonds is 4. The number of hydrogen-bond donors (Lipinski definition) is 2. The number of nitrogens with one attached hydrogen (secondary N) is 2. The fourth-order valence-electron chi connectivity index (χ4n) is 2.90. The first-order chi connectivity index (χ1) is 12.7. The highest BCUT2D eigenvalue weighted by Crippen LogP contribution is 2.28. The van der Waals surface area contributed by atoms with Gasteiger partial charge in [0.25, 0.3) is 11.8 Å². The predicted octanol–water partition coefficient (Wildman–Crippen LogP) is 1.88. The number of alkyl halides is 3. The van der Waals surface area contributed by atoms with Crippen LogP contribution in [0.3, 0.4) is 0 Å². The van der Waals surface area contributed by atoms with Crippen LogP contribution in [-0.4, -0.2) is 62.3 Å². The Hall–Kier alpha value is -2.50. The summed E-state index contributed by atoms with van der Waals surface area (Å²) in [5, 5.41) is 12.2. The maximum Gasteiger partial charge on any atom is 0.405 e. The Labute approximate surface area is 156 Å². The van der Waals surface area contributed by atoms with Gasteiger partial charge in [-0.15, -0.1) is 5.10 Å². The van der Waals surface area contributed by atoms with Crippen LogP contribution in [0.15, 0.2) is 6.07 Å². The van der Waals surface area contributed by atoms with Crippen LogP contribution in [0.2, 0.25) is 0 Å². The SMILES string of the molecule is Cc1nnsc1C(=O)N1CCC(c2cc(C(=O)NCC(F)(F)F)n[nH]2)CC1. The van der Waals surface area contributed by atoms with Gasteiger partial charge in [0.05, 0.1) is 5.69 Å². The molecule has 0 unspecified atom stereocenters. The molecule has 0 radical (unpaired) electrons. The molecule has 2 aromatic rings. The minimum atomic E-state index is -4.47. The molecule has 8 nitrogen and oxygen atoms in total. The number of hydrogen-bond acceptors (Lipinski definition) is 6. The quantitative estimate of drug-likeness (QED) is 0.813. The number of amides is 2. The number of nitrogens with zero attached hydrogens (tertiary/aromatic N) is 4. The molecule has 1 aliphatic heterocycles. The molecule has 1 fully saturated rings. The molecule has 2 aromatic heterocycles. The van der Waals surface area contributed by atoms with Crippen LogP contribution in [0.4, 0.5) is 13.2 Å². The smallest absolute Gasteiger partial charge is 0.342 e. The minimum Gasteiger partial charge on any atom is -0.342 e. The first-order valence-electron chi connectivity index (χ1n) is 8.23. The molecule has 1 aliphatic rings. The van der Waals surface area contributed by atoms with Crippen molar-refractivity contribution < 1.29 is 22.8 Å². The largest absolute Gasteiger partial charge is 0.405 e. The Morgan fingerprint density at radius 1 is 1.37 bits per heavy atom. The normalized spacial score (nSPS) is 15.8. The summed E-state index contributed by atoms with van der Waals surface area (Å²) in [6.45, 7) is 1.38. The van der Waals surface area contributed by atoms with Crippen molar-refractivity contribution in [1.29, 1.82) is 0 Å². The lowest BCUT2D eigenvalue weighted by molar-refractivity contribution is -0.123. The Balaban J connectivity index is 1.56. The number of H-pyrrole nitrogens is 1. The van der Waals surface area contributed by atoms with Gasteiger partial charge in [-0.25, -0.2) is 0 Å². The van der Waals surface area contributed by atoms with Crippen molar-refractivity contribution in [2.45, 2.75) is 31.9 Å². The zero-order valence-electron chi connectivity index (χ0n) is 14.3. The second-order valence-electron chi connectivity index (χ2n) is 6.26. The van der Waals surface area contributed by atoms with E-state index in [0.717, 1.165) is 11.5 Å². The maximum atomic E-state index is 12.5. The lowest BCUT2D eigenvalue weighted by Gasteiger charge is -2.31. The fourth-order valence-corrected chi connectivity index (χ4v) is 3.52. The second-order valence-corrected chi connectivity index (χ2v) is 7.01. The first kappa shape index (κ1) is 19.3. The number of carbonyl (C=O) groups is 2. The van der Waals surface area contributed by atoms with Crippen LogP contribution in [0.25, 0.3) is 0 Å². The molecule has 0 spiro atoms. The molecule has 12 heteroatoms. The van der Waals surface area contributed by atoms with Gasteiger partial charge in [-0.2, -0.15) is 18.3 Å². The molecule has 146 valence electrons. The van der Waals surface area contributed by atoms with Crippen LogP contribution in [0, 0.1) is 6.92 Å². The summed E-state index contributed by atoms with van der Waals surface area (Å²) in [7, 11) is 0. The van der Waals surface area contributed by atoms with E-state index in [0.29, 0.717) is 42.2 Å². The third kappa shape index (κ3) is 4.62. The van der Waals surface area contributed by atoms with Gasteiger partial charge in [-0.3, -0.25) is 14.7 Å². The summed E-state index contributed by atoms with van der Waals surface area (Å²) in [5.74, 6) is -0.931. The van der Waals surface area contributed by atoms with E-state index in [1.54, 1.807) is 17.1 Å². The number of aryl methyl sites for hydroxylation is 1. The molecular formula is C15H17F3N6O2S. The van der Waals surface area contributed by atoms with E-state index in [9.17, 15) is 22.8 Å².